The van der Waals surface area contributed by atoms with E-state index in [0.29, 0.717) is 0 Å². The number of hydrogen-bond acceptors (Lipinski definition) is 3. The van der Waals surface area contributed by atoms with Gasteiger partial charge in [-0.3, -0.25) is 9.48 Å². The van der Waals surface area contributed by atoms with Crippen molar-refractivity contribution in [1.82, 2.24) is 15.1 Å². The average molecular weight is 366 g/mol. The fraction of sp³-hybridized carbons (Fsp3) is 0.333. The van der Waals surface area contributed by atoms with Crippen LogP contribution in [0, 0.1) is 0 Å². The van der Waals surface area contributed by atoms with Crippen molar-refractivity contribution in [3.8, 4) is 0 Å². The highest BCUT2D eigenvalue weighted by Gasteiger charge is 2.23. The summed E-state index contributed by atoms with van der Waals surface area (Å²) < 4.78 is 1.69. The van der Waals surface area contributed by atoms with Gasteiger partial charge in [0.2, 0.25) is 5.91 Å². The molecule has 1 aromatic carbocycles. The van der Waals surface area contributed by atoms with Crippen molar-refractivity contribution < 1.29 is 4.79 Å². The first-order chi connectivity index (χ1) is 12.7. The molecule has 4 rings (SSSR count). The number of carbonyl (C=O) groups excluding carboxylic acids is 1. The number of hydrogen-bond donors (Lipinski definition) is 1. The Morgan fingerprint density at radius 1 is 1.19 bits per heavy atom. The van der Waals surface area contributed by atoms with Crippen molar-refractivity contribution in [3.05, 3.63) is 75.7 Å². The summed E-state index contributed by atoms with van der Waals surface area (Å²) in [6, 6.07) is 12.2. The molecule has 5 heteroatoms. The quantitative estimate of drug-likeness (QED) is 0.733. The number of carbonyl (C=O) groups is 1. The SMILES string of the molecule is CC(C(=O)NC(c1ccc2c(c1)CCCC2)c1cccs1)n1cccn1. The number of fused-ring (bicyclic) bond motifs is 1. The molecule has 2 heterocycles. The first-order valence-electron chi connectivity index (χ1n) is 9.17. The van der Waals surface area contributed by atoms with Crippen molar-refractivity contribution in [1.29, 1.82) is 0 Å². The number of amides is 1. The lowest BCUT2D eigenvalue weighted by molar-refractivity contribution is -0.124. The van der Waals surface area contributed by atoms with E-state index >= 15 is 0 Å². The zero-order valence-electron chi connectivity index (χ0n) is 14.9. The summed E-state index contributed by atoms with van der Waals surface area (Å²) in [5.74, 6) is -0.0233. The molecule has 0 aliphatic heterocycles. The lowest BCUT2D eigenvalue weighted by Crippen LogP contribution is -2.34. The third kappa shape index (κ3) is 3.44. The smallest absolute Gasteiger partial charge is 0.245 e. The van der Waals surface area contributed by atoms with E-state index in [0.717, 1.165) is 16.9 Å². The minimum atomic E-state index is -0.343. The molecule has 0 spiro atoms. The van der Waals surface area contributed by atoms with Crippen LogP contribution in [0.1, 0.15) is 53.4 Å². The van der Waals surface area contributed by atoms with Gasteiger partial charge in [0, 0.05) is 17.3 Å². The molecular formula is C21H23N3OS. The van der Waals surface area contributed by atoms with Gasteiger partial charge >= 0.3 is 0 Å². The molecule has 1 N–H and O–H groups in total. The van der Waals surface area contributed by atoms with E-state index < -0.39 is 0 Å². The van der Waals surface area contributed by atoms with Gasteiger partial charge in [-0.2, -0.15) is 5.10 Å². The van der Waals surface area contributed by atoms with Crippen LogP contribution in [0.3, 0.4) is 0 Å². The first kappa shape index (κ1) is 17.0. The Hall–Kier alpha value is -2.40. The maximum atomic E-state index is 12.8. The van der Waals surface area contributed by atoms with E-state index in [-0.39, 0.29) is 18.0 Å². The van der Waals surface area contributed by atoms with Gasteiger partial charge < -0.3 is 5.32 Å². The van der Waals surface area contributed by atoms with Crippen LogP contribution < -0.4 is 5.32 Å². The molecule has 2 atom stereocenters. The Morgan fingerprint density at radius 2 is 2.04 bits per heavy atom. The Balaban J connectivity index is 1.62. The Bertz CT molecular complexity index is 871. The van der Waals surface area contributed by atoms with E-state index in [1.807, 2.05) is 25.3 Å². The van der Waals surface area contributed by atoms with Crippen molar-refractivity contribution in [2.75, 3.05) is 0 Å². The summed E-state index contributed by atoms with van der Waals surface area (Å²) in [6.07, 6.45) is 8.36. The molecule has 0 fully saturated rings. The Kier molecular flexibility index (Phi) is 4.89. The highest BCUT2D eigenvalue weighted by Crippen LogP contribution is 2.30. The molecule has 0 bridgehead atoms. The molecule has 26 heavy (non-hydrogen) atoms. The topological polar surface area (TPSA) is 46.9 Å². The van der Waals surface area contributed by atoms with E-state index in [9.17, 15) is 4.79 Å². The van der Waals surface area contributed by atoms with E-state index in [1.54, 1.807) is 22.2 Å². The molecule has 3 aromatic rings. The lowest BCUT2D eigenvalue weighted by atomic mass is 9.89. The van der Waals surface area contributed by atoms with Crippen LogP contribution in [0.4, 0.5) is 0 Å². The number of aryl methyl sites for hydroxylation is 2. The van der Waals surface area contributed by atoms with Crippen molar-refractivity contribution in [2.24, 2.45) is 0 Å². The number of nitrogens with zero attached hydrogens (tertiary/aromatic N) is 2. The second-order valence-electron chi connectivity index (χ2n) is 6.85. The standard InChI is InChI=1S/C21H23N3OS/c1-15(24-12-5-11-22-24)21(25)23-20(19-8-4-13-26-19)18-10-9-16-6-2-3-7-17(16)14-18/h4-5,8-15,20H,2-3,6-7H2,1H3,(H,23,25). The predicted octanol–water partition coefficient (Wildman–Crippen LogP) is 4.29. The van der Waals surface area contributed by atoms with Gasteiger partial charge in [-0.15, -0.1) is 11.3 Å². The van der Waals surface area contributed by atoms with Gasteiger partial charge in [0.15, 0.2) is 0 Å². The van der Waals surface area contributed by atoms with Gasteiger partial charge in [-0.05, 0) is 66.8 Å². The molecule has 2 aromatic heterocycles. The molecule has 1 amide bonds. The zero-order chi connectivity index (χ0) is 17.9. The summed E-state index contributed by atoms with van der Waals surface area (Å²) in [6.45, 7) is 1.88. The first-order valence-corrected chi connectivity index (χ1v) is 10.0. The minimum Gasteiger partial charge on any atom is -0.343 e. The lowest BCUT2D eigenvalue weighted by Gasteiger charge is -2.23. The second kappa shape index (κ2) is 7.46. The fourth-order valence-corrected chi connectivity index (χ4v) is 4.40. The number of thiophene rings is 1. The number of nitrogens with one attached hydrogen (secondary N) is 1. The molecule has 0 radical (unpaired) electrons. The van der Waals surface area contributed by atoms with Crippen molar-refractivity contribution >= 4 is 17.2 Å². The summed E-state index contributed by atoms with van der Waals surface area (Å²) >= 11 is 1.68. The van der Waals surface area contributed by atoms with Crippen LogP contribution in [0.5, 0.6) is 0 Å². The monoisotopic (exact) mass is 365 g/mol. The van der Waals surface area contributed by atoms with Crippen molar-refractivity contribution in [2.45, 2.75) is 44.7 Å². The molecule has 0 saturated carbocycles. The van der Waals surface area contributed by atoms with Crippen LogP contribution in [-0.4, -0.2) is 15.7 Å². The van der Waals surface area contributed by atoms with Gasteiger partial charge in [0.25, 0.3) is 0 Å². The zero-order valence-corrected chi connectivity index (χ0v) is 15.7. The molecule has 4 nitrogen and oxygen atoms in total. The van der Waals surface area contributed by atoms with Crippen LogP contribution in [0.25, 0.3) is 0 Å². The summed E-state index contributed by atoms with van der Waals surface area (Å²) in [7, 11) is 0. The third-order valence-electron chi connectivity index (χ3n) is 5.12. The predicted molar refractivity (Wildman–Crippen MR) is 104 cm³/mol. The molecule has 1 aliphatic rings. The van der Waals surface area contributed by atoms with Crippen molar-refractivity contribution in [3.63, 3.8) is 0 Å². The van der Waals surface area contributed by atoms with Crippen LogP contribution >= 0.6 is 11.3 Å². The summed E-state index contributed by atoms with van der Waals surface area (Å²) in [5, 5.41) is 9.50. The highest BCUT2D eigenvalue weighted by molar-refractivity contribution is 7.10. The van der Waals surface area contributed by atoms with Gasteiger partial charge in [-0.25, -0.2) is 0 Å². The number of rotatable bonds is 5. The summed E-state index contributed by atoms with van der Waals surface area (Å²) in [5.41, 5.74) is 4.06. The molecule has 1 aliphatic carbocycles. The molecule has 134 valence electrons. The van der Waals surface area contributed by atoms with E-state index in [1.165, 1.54) is 30.4 Å². The Labute approximate surface area is 157 Å². The molecular weight excluding hydrogens is 342 g/mol. The molecule has 0 saturated heterocycles. The maximum Gasteiger partial charge on any atom is 0.245 e. The fourth-order valence-electron chi connectivity index (χ4n) is 3.60. The van der Waals surface area contributed by atoms with E-state index in [4.69, 9.17) is 0 Å². The van der Waals surface area contributed by atoms with Gasteiger partial charge in [0.1, 0.15) is 6.04 Å². The van der Waals surface area contributed by atoms with Crippen LogP contribution in [0.2, 0.25) is 0 Å². The number of benzene rings is 1. The maximum absolute atomic E-state index is 12.8. The Morgan fingerprint density at radius 3 is 2.77 bits per heavy atom. The largest absolute Gasteiger partial charge is 0.343 e. The van der Waals surface area contributed by atoms with E-state index in [2.05, 4.69) is 40.1 Å². The van der Waals surface area contributed by atoms with Crippen LogP contribution in [0.15, 0.2) is 54.2 Å². The third-order valence-corrected chi connectivity index (χ3v) is 6.06. The number of aromatic nitrogens is 2. The summed E-state index contributed by atoms with van der Waals surface area (Å²) in [4.78, 5) is 14.0. The van der Waals surface area contributed by atoms with Crippen LogP contribution in [-0.2, 0) is 17.6 Å². The normalized spacial score (nSPS) is 15.9. The highest BCUT2D eigenvalue weighted by atomic mass is 32.1. The molecule has 2 unspecified atom stereocenters. The second-order valence-corrected chi connectivity index (χ2v) is 7.83. The average Bonchev–Trinajstić information content (AvgIpc) is 3.38. The minimum absolute atomic E-state index is 0.0233. The van der Waals surface area contributed by atoms with Gasteiger partial charge in [0.05, 0.1) is 6.04 Å². The van der Waals surface area contributed by atoms with Gasteiger partial charge in [-0.1, -0.05) is 24.3 Å².